The second kappa shape index (κ2) is 6.12. The maximum Gasteiger partial charge on any atom is 0.232 e. The van der Waals surface area contributed by atoms with Crippen molar-refractivity contribution in [3.63, 3.8) is 0 Å². The molecule has 1 heterocycles. The van der Waals surface area contributed by atoms with Crippen LogP contribution >= 0.6 is 0 Å². The summed E-state index contributed by atoms with van der Waals surface area (Å²) in [7, 11) is -3.34. The Bertz CT molecular complexity index is 531. The van der Waals surface area contributed by atoms with Crippen molar-refractivity contribution >= 4 is 15.7 Å². The predicted molar refractivity (Wildman–Crippen MR) is 73.1 cm³/mol. The van der Waals surface area contributed by atoms with E-state index in [4.69, 9.17) is 15.2 Å². The van der Waals surface area contributed by atoms with E-state index in [1.54, 1.807) is 18.2 Å². The van der Waals surface area contributed by atoms with Crippen molar-refractivity contribution in [1.82, 2.24) is 0 Å². The van der Waals surface area contributed by atoms with Gasteiger partial charge in [0.2, 0.25) is 10.0 Å². The number of anilines is 1. The van der Waals surface area contributed by atoms with Gasteiger partial charge in [0.1, 0.15) is 13.2 Å². The quantitative estimate of drug-likeness (QED) is 0.759. The largest absolute Gasteiger partial charge is 0.486 e. The minimum atomic E-state index is -3.34. The molecule has 1 aliphatic rings. The van der Waals surface area contributed by atoms with Gasteiger partial charge in [-0.1, -0.05) is 0 Å². The third kappa shape index (κ3) is 4.00. The predicted octanol–water partition coefficient (Wildman–Crippen LogP) is 0.938. The highest BCUT2D eigenvalue weighted by Gasteiger charge is 2.15. The van der Waals surface area contributed by atoms with E-state index in [1.165, 1.54) is 0 Å². The number of unbranched alkanes of at least 4 members (excludes halogenated alkanes) is 1. The fourth-order valence-electron chi connectivity index (χ4n) is 1.77. The first kappa shape index (κ1) is 14.0. The molecule has 0 atom stereocenters. The lowest BCUT2D eigenvalue weighted by molar-refractivity contribution is 0.171. The van der Waals surface area contributed by atoms with Crippen molar-refractivity contribution in [2.45, 2.75) is 12.8 Å². The molecule has 3 N–H and O–H groups in total. The molecule has 0 amide bonds. The summed E-state index contributed by atoms with van der Waals surface area (Å²) in [6.45, 7) is 1.48. The molecular formula is C12H18N2O4S. The first-order chi connectivity index (χ1) is 9.11. The summed E-state index contributed by atoms with van der Waals surface area (Å²) in [5.41, 5.74) is 5.82. The van der Waals surface area contributed by atoms with Crippen LogP contribution in [0.1, 0.15) is 12.8 Å². The molecule has 0 aliphatic carbocycles. The Morgan fingerprint density at radius 1 is 1.16 bits per heavy atom. The van der Waals surface area contributed by atoms with Gasteiger partial charge in [0.05, 0.1) is 11.4 Å². The van der Waals surface area contributed by atoms with Crippen LogP contribution in [-0.2, 0) is 10.0 Å². The second-order valence-electron chi connectivity index (χ2n) is 4.28. The molecule has 1 aromatic carbocycles. The summed E-state index contributed by atoms with van der Waals surface area (Å²) in [5.74, 6) is 1.27. The maximum atomic E-state index is 11.8. The molecule has 0 saturated carbocycles. The molecule has 6 nitrogen and oxygen atoms in total. The zero-order chi connectivity index (χ0) is 13.7. The monoisotopic (exact) mass is 286 g/mol. The molecule has 0 saturated heterocycles. The molecule has 19 heavy (non-hydrogen) atoms. The van der Waals surface area contributed by atoms with Gasteiger partial charge in [-0.15, -0.1) is 0 Å². The molecule has 1 aromatic rings. The molecule has 0 bridgehead atoms. The van der Waals surface area contributed by atoms with E-state index >= 15 is 0 Å². The SMILES string of the molecule is NCCCCS(=O)(=O)Nc1ccc2c(c1)OCCO2. The lowest BCUT2D eigenvalue weighted by Crippen LogP contribution is -2.18. The van der Waals surface area contributed by atoms with Crippen molar-refractivity contribution in [1.29, 1.82) is 0 Å². The Balaban J connectivity index is 2.02. The molecule has 0 fully saturated rings. The van der Waals surface area contributed by atoms with Crippen LogP contribution in [0, 0.1) is 0 Å². The van der Waals surface area contributed by atoms with E-state index in [9.17, 15) is 8.42 Å². The molecule has 2 rings (SSSR count). The molecule has 7 heteroatoms. The summed E-state index contributed by atoms with van der Waals surface area (Å²) >= 11 is 0. The Morgan fingerprint density at radius 3 is 2.63 bits per heavy atom. The minimum absolute atomic E-state index is 0.0681. The van der Waals surface area contributed by atoms with Gasteiger partial charge in [0, 0.05) is 6.07 Å². The van der Waals surface area contributed by atoms with E-state index in [2.05, 4.69) is 4.72 Å². The smallest absolute Gasteiger partial charge is 0.232 e. The van der Waals surface area contributed by atoms with Gasteiger partial charge in [-0.05, 0) is 31.5 Å². The lowest BCUT2D eigenvalue weighted by Gasteiger charge is -2.19. The number of ether oxygens (including phenoxy) is 2. The number of fused-ring (bicyclic) bond motifs is 1. The minimum Gasteiger partial charge on any atom is -0.486 e. The zero-order valence-electron chi connectivity index (χ0n) is 10.6. The van der Waals surface area contributed by atoms with Crippen LogP contribution < -0.4 is 19.9 Å². The van der Waals surface area contributed by atoms with Crippen LogP contribution in [0.4, 0.5) is 5.69 Å². The Kier molecular flexibility index (Phi) is 4.49. The number of nitrogens with one attached hydrogen (secondary N) is 1. The van der Waals surface area contributed by atoms with E-state index in [1.807, 2.05) is 0 Å². The number of rotatable bonds is 6. The van der Waals surface area contributed by atoms with E-state index in [-0.39, 0.29) is 5.75 Å². The van der Waals surface area contributed by atoms with Crippen LogP contribution in [0.5, 0.6) is 11.5 Å². The first-order valence-corrected chi connectivity index (χ1v) is 7.86. The zero-order valence-corrected chi connectivity index (χ0v) is 11.4. The van der Waals surface area contributed by atoms with Gasteiger partial charge in [-0.3, -0.25) is 4.72 Å². The van der Waals surface area contributed by atoms with E-state index in [0.717, 1.165) is 0 Å². The normalized spacial score (nSPS) is 14.2. The molecule has 0 aromatic heterocycles. The van der Waals surface area contributed by atoms with Gasteiger partial charge in [0.25, 0.3) is 0 Å². The van der Waals surface area contributed by atoms with Crippen molar-refractivity contribution < 1.29 is 17.9 Å². The second-order valence-corrected chi connectivity index (χ2v) is 6.12. The number of benzene rings is 1. The highest BCUT2D eigenvalue weighted by molar-refractivity contribution is 7.92. The van der Waals surface area contributed by atoms with E-state index in [0.29, 0.717) is 49.8 Å². The molecule has 0 unspecified atom stereocenters. The van der Waals surface area contributed by atoms with Crippen LogP contribution in [-0.4, -0.2) is 33.9 Å². The van der Waals surface area contributed by atoms with Crippen LogP contribution in [0.2, 0.25) is 0 Å². The fourth-order valence-corrected chi connectivity index (χ4v) is 2.95. The maximum absolute atomic E-state index is 11.8. The number of hydrogen-bond acceptors (Lipinski definition) is 5. The molecular weight excluding hydrogens is 268 g/mol. The highest BCUT2D eigenvalue weighted by atomic mass is 32.2. The average molecular weight is 286 g/mol. The summed E-state index contributed by atoms with van der Waals surface area (Å²) in [5, 5.41) is 0. The third-order valence-electron chi connectivity index (χ3n) is 2.68. The first-order valence-electron chi connectivity index (χ1n) is 6.21. The summed E-state index contributed by atoms with van der Waals surface area (Å²) < 4.78 is 36.9. The van der Waals surface area contributed by atoms with Gasteiger partial charge in [-0.2, -0.15) is 0 Å². The topological polar surface area (TPSA) is 90.7 Å². The Labute approximate surface area is 112 Å². The highest BCUT2D eigenvalue weighted by Crippen LogP contribution is 2.32. The van der Waals surface area contributed by atoms with Crippen LogP contribution in [0.25, 0.3) is 0 Å². The summed E-state index contributed by atoms with van der Waals surface area (Å²) in [4.78, 5) is 0. The van der Waals surface area contributed by atoms with Gasteiger partial charge < -0.3 is 15.2 Å². The fraction of sp³-hybridized carbons (Fsp3) is 0.500. The summed E-state index contributed by atoms with van der Waals surface area (Å²) in [6.07, 6.45) is 1.25. The van der Waals surface area contributed by atoms with Crippen molar-refractivity contribution in [2.75, 3.05) is 30.2 Å². The van der Waals surface area contributed by atoms with Crippen LogP contribution in [0.3, 0.4) is 0 Å². The molecule has 0 radical (unpaired) electrons. The van der Waals surface area contributed by atoms with Gasteiger partial charge in [-0.25, -0.2) is 8.42 Å². The number of hydrogen-bond donors (Lipinski definition) is 2. The van der Waals surface area contributed by atoms with Crippen molar-refractivity contribution in [2.24, 2.45) is 5.73 Å². The van der Waals surface area contributed by atoms with E-state index < -0.39 is 10.0 Å². The lowest BCUT2D eigenvalue weighted by atomic mass is 10.3. The van der Waals surface area contributed by atoms with Crippen LogP contribution in [0.15, 0.2) is 18.2 Å². The molecule has 0 spiro atoms. The van der Waals surface area contributed by atoms with Gasteiger partial charge >= 0.3 is 0 Å². The molecule has 1 aliphatic heterocycles. The number of nitrogens with two attached hydrogens (primary N) is 1. The number of sulfonamides is 1. The molecule has 106 valence electrons. The average Bonchev–Trinajstić information content (AvgIpc) is 2.38. The summed E-state index contributed by atoms with van der Waals surface area (Å²) in [6, 6.07) is 5.00. The standard InChI is InChI=1S/C12H18N2O4S/c13-5-1-2-8-19(15,16)14-10-3-4-11-12(9-10)18-7-6-17-11/h3-4,9,14H,1-2,5-8,13H2. The Morgan fingerprint density at radius 2 is 1.89 bits per heavy atom. The third-order valence-corrected chi connectivity index (χ3v) is 4.06. The van der Waals surface area contributed by atoms with Crippen molar-refractivity contribution in [3.05, 3.63) is 18.2 Å². The Hall–Kier alpha value is -1.47. The van der Waals surface area contributed by atoms with Crippen molar-refractivity contribution in [3.8, 4) is 11.5 Å². The van der Waals surface area contributed by atoms with Gasteiger partial charge in [0.15, 0.2) is 11.5 Å².